The molecular weight excluding hydrogens is 597 g/mol. The standard InChI is InChI=1S/C47H32O2/c1-47-23-9-8-16-39(47)44(31-18-17-28-10-2-3-12-30(28)24-31)35-14-6-7-15-36(35)46(47)32-19-21-34-37-26-38-43(27-42(37)49-41(34)25-32)48-40-22-20-29-11-4-5-13-33(29)45(38)40/h2-17,19-22,24-27,31H,18,23H2,1H3. The van der Waals surface area contributed by atoms with Gasteiger partial charge in [0.2, 0.25) is 0 Å². The van der Waals surface area contributed by atoms with Crippen molar-refractivity contribution in [3.8, 4) is 0 Å². The van der Waals surface area contributed by atoms with Gasteiger partial charge in [0.05, 0.1) is 0 Å². The highest BCUT2D eigenvalue weighted by Crippen LogP contribution is 2.51. The Morgan fingerprint density at radius 1 is 0.633 bits per heavy atom. The maximum Gasteiger partial charge on any atom is 0.139 e. The van der Waals surface area contributed by atoms with Gasteiger partial charge < -0.3 is 8.83 Å². The summed E-state index contributed by atoms with van der Waals surface area (Å²) in [6.45, 7) is 2.45. The highest BCUT2D eigenvalue weighted by atomic mass is 16.3. The molecule has 2 nitrogen and oxygen atoms in total. The van der Waals surface area contributed by atoms with Gasteiger partial charge in [0.15, 0.2) is 0 Å². The van der Waals surface area contributed by atoms with Gasteiger partial charge in [-0.15, -0.1) is 0 Å². The summed E-state index contributed by atoms with van der Waals surface area (Å²) < 4.78 is 13.1. The molecule has 8 aromatic rings. The van der Waals surface area contributed by atoms with E-state index in [-0.39, 0.29) is 5.41 Å². The third kappa shape index (κ3) is 3.77. The van der Waals surface area contributed by atoms with E-state index in [1.54, 1.807) is 0 Å². The molecule has 232 valence electrons. The highest BCUT2D eigenvalue weighted by molar-refractivity contribution is 6.22. The van der Waals surface area contributed by atoms with Crippen LogP contribution in [-0.4, -0.2) is 0 Å². The van der Waals surface area contributed by atoms with Crippen molar-refractivity contribution >= 4 is 77.9 Å². The predicted molar refractivity (Wildman–Crippen MR) is 203 cm³/mol. The molecule has 0 saturated carbocycles. The first-order valence-corrected chi connectivity index (χ1v) is 17.3. The van der Waals surface area contributed by atoms with Gasteiger partial charge in [0.25, 0.3) is 0 Å². The molecule has 0 saturated heterocycles. The van der Waals surface area contributed by atoms with E-state index in [2.05, 4.69) is 153 Å². The molecule has 6 aromatic carbocycles. The van der Waals surface area contributed by atoms with E-state index in [0.29, 0.717) is 5.92 Å². The second-order valence-corrected chi connectivity index (χ2v) is 14.1. The van der Waals surface area contributed by atoms with Crippen molar-refractivity contribution in [2.45, 2.75) is 19.8 Å². The topological polar surface area (TPSA) is 26.3 Å². The van der Waals surface area contributed by atoms with E-state index in [9.17, 15) is 0 Å². The zero-order chi connectivity index (χ0) is 32.3. The Morgan fingerprint density at radius 2 is 1.41 bits per heavy atom. The van der Waals surface area contributed by atoms with Crippen molar-refractivity contribution in [2.75, 3.05) is 0 Å². The molecule has 11 rings (SSSR count). The summed E-state index contributed by atoms with van der Waals surface area (Å²) >= 11 is 0. The van der Waals surface area contributed by atoms with Gasteiger partial charge in [-0.25, -0.2) is 0 Å². The van der Waals surface area contributed by atoms with Gasteiger partial charge in [-0.05, 0) is 91.0 Å². The Bertz CT molecular complexity index is 3070. The Hall–Kier alpha value is -5.86. The zero-order valence-corrected chi connectivity index (χ0v) is 27.2. The molecule has 0 spiro atoms. The Kier molecular flexibility index (Phi) is 5.45. The molecule has 2 heteroatoms. The second kappa shape index (κ2) is 9.84. The van der Waals surface area contributed by atoms with E-state index in [0.717, 1.165) is 56.7 Å². The third-order valence-corrected chi connectivity index (χ3v) is 11.4. The average molecular weight is 629 g/mol. The van der Waals surface area contributed by atoms with E-state index in [4.69, 9.17) is 8.83 Å². The fourth-order valence-electron chi connectivity index (χ4n) is 9.20. The first-order valence-electron chi connectivity index (χ1n) is 17.3. The molecule has 2 heterocycles. The number of benzene rings is 6. The van der Waals surface area contributed by atoms with Crippen LogP contribution in [0.25, 0.3) is 77.9 Å². The number of rotatable bonds is 2. The molecule has 0 amide bonds. The number of allylic oxidation sites excluding steroid dienone is 4. The van der Waals surface area contributed by atoms with Crippen molar-refractivity contribution in [2.24, 2.45) is 11.3 Å². The summed E-state index contributed by atoms with van der Waals surface area (Å²) in [4.78, 5) is 0. The molecule has 3 aliphatic rings. The van der Waals surface area contributed by atoms with Gasteiger partial charge in [0.1, 0.15) is 22.3 Å². The minimum absolute atomic E-state index is 0.178. The summed E-state index contributed by atoms with van der Waals surface area (Å²) in [6, 6.07) is 41.8. The maximum absolute atomic E-state index is 6.67. The van der Waals surface area contributed by atoms with E-state index < -0.39 is 0 Å². The summed E-state index contributed by atoms with van der Waals surface area (Å²) in [5.41, 5.74) is 8.82. The molecule has 2 unspecified atom stereocenters. The number of fused-ring (bicyclic) bond motifs is 11. The smallest absolute Gasteiger partial charge is 0.139 e. The minimum Gasteiger partial charge on any atom is -0.456 e. The lowest BCUT2D eigenvalue weighted by Crippen LogP contribution is -2.44. The van der Waals surface area contributed by atoms with Gasteiger partial charge in [-0.3, -0.25) is 0 Å². The second-order valence-electron chi connectivity index (χ2n) is 14.1. The lowest BCUT2D eigenvalue weighted by atomic mass is 9.61. The van der Waals surface area contributed by atoms with Crippen molar-refractivity contribution in [1.82, 2.24) is 0 Å². The summed E-state index contributed by atoms with van der Waals surface area (Å²) in [7, 11) is 0. The predicted octanol–water partition coefficient (Wildman–Crippen LogP) is 9.18. The van der Waals surface area contributed by atoms with Crippen molar-refractivity contribution in [1.29, 1.82) is 0 Å². The largest absolute Gasteiger partial charge is 0.456 e. The van der Waals surface area contributed by atoms with Crippen LogP contribution in [0.15, 0.2) is 148 Å². The molecule has 49 heavy (non-hydrogen) atoms. The fraction of sp³-hybridized carbons (Fsp3) is 0.106. The van der Waals surface area contributed by atoms with Crippen LogP contribution in [0.5, 0.6) is 0 Å². The lowest BCUT2D eigenvalue weighted by Gasteiger charge is -2.42. The SMILES string of the molecule is CC12CC=CC=C1C(C1C=c3ccccc3=CC1)=c1ccccc1=C2c1ccc2c(c1)oc1cc3oc4ccc5ccccc5c4c3cc12. The summed E-state index contributed by atoms with van der Waals surface area (Å²) in [5, 5.41) is 12.3. The maximum atomic E-state index is 6.67. The lowest BCUT2D eigenvalue weighted by molar-refractivity contribution is 0.540. The molecule has 0 N–H and O–H groups in total. The van der Waals surface area contributed by atoms with Gasteiger partial charge in [-0.1, -0.05) is 122 Å². The first-order chi connectivity index (χ1) is 24.1. The van der Waals surface area contributed by atoms with Gasteiger partial charge in [-0.2, -0.15) is 0 Å². The van der Waals surface area contributed by atoms with E-state index in [1.807, 2.05) is 0 Å². The quantitative estimate of drug-likeness (QED) is 0.191. The van der Waals surface area contributed by atoms with Crippen molar-refractivity contribution in [3.63, 3.8) is 0 Å². The van der Waals surface area contributed by atoms with Crippen LogP contribution >= 0.6 is 0 Å². The first kappa shape index (κ1) is 27.1. The van der Waals surface area contributed by atoms with Crippen LogP contribution in [0.1, 0.15) is 25.3 Å². The number of hydrogen-bond donors (Lipinski definition) is 0. The summed E-state index contributed by atoms with van der Waals surface area (Å²) in [6.07, 6.45) is 13.8. The molecule has 3 aliphatic carbocycles. The average Bonchev–Trinajstić information content (AvgIpc) is 3.69. The molecule has 2 atom stereocenters. The molecular formula is C47H32O2. The monoisotopic (exact) mass is 628 g/mol. The van der Waals surface area contributed by atoms with Crippen LogP contribution in [0.3, 0.4) is 0 Å². The Balaban J connectivity index is 1.16. The van der Waals surface area contributed by atoms with Crippen molar-refractivity contribution in [3.05, 3.63) is 166 Å². The van der Waals surface area contributed by atoms with E-state index in [1.165, 1.54) is 53.9 Å². The summed E-state index contributed by atoms with van der Waals surface area (Å²) in [5.74, 6) is 0.318. The molecule has 0 bridgehead atoms. The van der Waals surface area contributed by atoms with Crippen LogP contribution in [0, 0.1) is 11.3 Å². The molecule has 2 aromatic heterocycles. The number of hydrogen-bond acceptors (Lipinski definition) is 2. The molecule has 0 aliphatic heterocycles. The fourth-order valence-corrected chi connectivity index (χ4v) is 9.20. The van der Waals surface area contributed by atoms with Crippen LogP contribution in [-0.2, 0) is 0 Å². The van der Waals surface area contributed by atoms with Crippen molar-refractivity contribution < 1.29 is 8.83 Å². The third-order valence-electron chi connectivity index (χ3n) is 11.4. The zero-order valence-electron chi connectivity index (χ0n) is 27.2. The highest BCUT2D eigenvalue weighted by Gasteiger charge is 2.40. The van der Waals surface area contributed by atoms with Gasteiger partial charge >= 0.3 is 0 Å². The normalized spacial score (nSPS) is 19.9. The molecule has 0 radical (unpaired) electrons. The minimum atomic E-state index is -0.178. The van der Waals surface area contributed by atoms with Crippen LogP contribution in [0.2, 0.25) is 0 Å². The van der Waals surface area contributed by atoms with Gasteiger partial charge in [0, 0.05) is 38.9 Å². The van der Waals surface area contributed by atoms with Crippen LogP contribution < -0.4 is 20.9 Å². The van der Waals surface area contributed by atoms with Crippen LogP contribution in [0.4, 0.5) is 0 Å². The number of furan rings is 2. The Morgan fingerprint density at radius 3 is 2.35 bits per heavy atom. The van der Waals surface area contributed by atoms with E-state index >= 15 is 0 Å². The molecule has 0 fully saturated rings. The Labute approximate surface area is 282 Å².